The van der Waals surface area contributed by atoms with E-state index in [1.54, 1.807) is 0 Å². The van der Waals surface area contributed by atoms with Gasteiger partial charge in [0, 0.05) is 0 Å². The van der Waals surface area contributed by atoms with Crippen molar-refractivity contribution in [1.29, 1.82) is 0 Å². The Morgan fingerprint density at radius 3 is 0.200 bits per heavy atom. The molecule has 0 saturated heterocycles. The quantitative estimate of drug-likeness (QED) is 0.292. The van der Waals surface area contributed by atoms with Crippen LogP contribution in [0.1, 0.15) is 0 Å². The van der Waals surface area contributed by atoms with Gasteiger partial charge in [-0.25, -0.2) is 0 Å². The maximum absolute atomic E-state index is 0. The first-order chi connectivity index (χ1) is 0. The highest BCUT2D eigenvalue weighted by molar-refractivity contribution is 2.14. The second-order valence-electron chi connectivity index (χ2n) is 0. The molecule has 0 aliphatic heterocycles. The molecular formula is H15N5. The van der Waals surface area contributed by atoms with Crippen LogP contribution in [0.2, 0.25) is 0 Å². The molecule has 0 atom stereocenters. The molecule has 0 aromatic carbocycles. The lowest BCUT2D eigenvalue weighted by atomic mass is 14.0. The van der Waals surface area contributed by atoms with Crippen molar-refractivity contribution in [3.8, 4) is 0 Å². The van der Waals surface area contributed by atoms with Gasteiger partial charge in [0.15, 0.2) is 0 Å². The molecule has 0 amide bonds. The van der Waals surface area contributed by atoms with Gasteiger partial charge >= 0.3 is 0 Å². The topological polar surface area (TPSA) is 175 Å². The van der Waals surface area contributed by atoms with E-state index in [1.807, 2.05) is 0 Å². The first-order valence-corrected chi connectivity index (χ1v) is 0. The lowest BCUT2D eigenvalue weighted by Crippen LogP contribution is -0.482. The van der Waals surface area contributed by atoms with E-state index in [1.165, 1.54) is 0 Å². The molecule has 0 spiro atoms. The van der Waals surface area contributed by atoms with Gasteiger partial charge in [0.05, 0.1) is 0 Å². The average Bonchev–Trinajstić information content (AvgIpc) is 0. The van der Waals surface area contributed by atoms with Crippen molar-refractivity contribution in [1.82, 2.24) is 30.8 Å². The van der Waals surface area contributed by atoms with Crippen LogP contribution in [0.5, 0.6) is 0 Å². The molecule has 0 unspecified atom stereocenters. The van der Waals surface area contributed by atoms with Crippen molar-refractivity contribution in [2.24, 2.45) is 0 Å². The summed E-state index contributed by atoms with van der Waals surface area (Å²) in [5.41, 5.74) is 0. The largest absolute Gasteiger partial charge is 0.344 e. The van der Waals surface area contributed by atoms with Gasteiger partial charge < -0.3 is 30.8 Å². The molecule has 0 saturated carbocycles. The molecular weight excluding hydrogens is 70.0 g/mol. The third-order valence-electron chi connectivity index (χ3n) is 0. The Bertz CT molecular complexity index is 0. The summed E-state index contributed by atoms with van der Waals surface area (Å²) in [6.07, 6.45) is 0. The van der Waals surface area contributed by atoms with Crippen molar-refractivity contribution < 1.29 is 0 Å². The molecule has 0 heterocycles. The zero-order valence-corrected chi connectivity index (χ0v) is 3.54. The molecule has 5 heteroatoms. The zero-order chi connectivity index (χ0) is 0. The smallest absolute Gasteiger partial charge is 0.344 e. The monoisotopic (exact) mass is 85.1 g/mol. The summed E-state index contributed by atoms with van der Waals surface area (Å²) in [6, 6.07) is 0. The van der Waals surface area contributed by atoms with Gasteiger partial charge in [-0.3, -0.25) is 0 Å². The lowest BCUT2D eigenvalue weighted by molar-refractivity contribution is 2.13. The fourth-order valence-corrected chi connectivity index (χ4v) is 0. The molecule has 0 aromatic rings. The van der Waals surface area contributed by atoms with Crippen LogP contribution in [-0.4, -0.2) is 0 Å². The minimum absolute atomic E-state index is 0. The average molecular weight is 85.2 g/mol. The Hall–Kier alpha value is -0.200. The molecule has 0 radical (unpaired) electrons. The van der Waals surface area contributed by atoms with Crippen LogP contribution < -0.4 is 30.8 Å². The van der Waals surface area contributed by atoms with Crippen LogP contribution in [0.4, 0.5) is 0 Å². The number of rotatable bonds is 0. The lowest BCUT2D eigenvalue weighted by Gasteiger charge is -0.345. The first kappa shape index (κ1) is 1730. The van der Waals surface area contributed by atoms with Crippen LogP contribution in [0.25, 0.3) is 0 Å². The van der Waals surface area contributed by atoms with Crippen molar-refractivity contribution >= 4 is 0 Å². The highest BCUT2D eigenvalue weighted by Crippen LogP contribution is -0.477. The number of hydrogen-bond donors (Lipinski definition) is 5. The predicted molar refractivity (Wildman–Crippen MR) is 25.1 cm³/mol. The maximum atomic E-state index is 0. The van der Waals surface area contributed by atoms with E-state index in [2.05, 4.69) is 0 Å². The third kappa shape index (κ3) is 308. The second-order valence-corrected chi connectivity index (χ2v) is 0. The van der Waals surface area contributed by atoms with Gasteiger partial charge in [0.25, 0.3) is 0 Å². The molecule has 0 fully saturated rings. The van der Waals surface area contributed by atoms with Crippen LogP contribution in [-0.2, 0) is 0 Å². The molecule has 15 N–H and O–H groups in total. The Labute approximate surface area is 32.0 Å². The standard InChI is InChI=1S/5H3N/h5*1H3. The predicted octanol–water partition coefficient (Wildman–Crippen LogP) is 0.810. The Morgan fingerprint density at radius 2 is 0.200 bits per heavy atom. The van der Waals surface area contributed by atoms with Gasteiger partial charge in [0.1, 0.15) is 0 Å². The normalized spacial score (nSPS) is 0. The molecule has 5 heavy (non-hydrogen) atoms. The van der Waals surface area contributed by atoms with Crippen LogP contribution in [0.15, 0.2) is 0 Å². The summed E-state index contributed by atoms with van der Waals surface area (Å²) >= 11 is 0. The third-order valence-corrected chi connectivity index (χ3v) is 0. The molecule has 0 rings (SSSR count). The van der Waals surface area contributed by atoms with E-state index in [-0.39, 0.29) is 30.8 Å². The van der Waals surface area contributed by atoms with Gasteiger partial charge in [-0.05, 0) is 0 Å². The molecule has 0 aromatic heterocycles. The number of hydrogen-bond acceptors (Lipinski definition) is 5. The molecule has 0 bridgehead atoms. The molecule has 40 valence electrons. The SMILES string of the molecule is N.N.N.N.N. The van der Waals surface area contributed by atoms with Crippen LogP contribution >= 0.6 is 0 Å². The summed E-state index contributed by atoms with van der Waals surface area (Å²) in [5.74, 6) is 0. The van der Waals surface area contributed by atoms with E-state index in [0.717, 1.165) is 0 Å². The van der Waals surface area contributed by atoms with Crippen LogP contribution in [0.3, 0.4) is 0 Å². The van der Waals surface area contributed by atoms with E-state index in [9.17, 15) is 0 Å². The zero-order valence-electron chi connectivity index (χ0n) is 3.54. The first-order valence-electron chi connectivity index (χ1n) is 0. The van der Waals surface area contributed by atoms with E-state index < -0.39 is 0 Å². The Balaban J connectivity index is 0. The van der Waals surface area contributed by atoms with E-state index in [0.29, 0.717) is 0 Å². The fourth-order valence-electron chi connectivity index (χ4n) is 0. The summed E-state index contributed by atoms with van der Waals surface area (Å²) in [7, 11) is 0. The minimum Gasteiger partial charge on any atom is -0.344 e. The second kappa shape index (κ2) is 745. The van der Waals surface area contributed by atoms with Crippen molar-refractivity contribution in [2.45, 2.75) is 0 Å². The fraction of sp³-hybridized carbons (Fsp3) is 0. The van der Waals surface area contributed by atoms with E-state index in [4.69, 9.17) is 0 Å². The van der Waals surface area contributed by atoms with Crippen molar-refractivity contribution in [3.05, 3.63) is 0 Å². The Kier molecular flexibility index (Phi) is 258000. The Morgan fingerprint density at radius 1 is 0.200 bits per heavy atom. The molecule has 0 aliphatic rings. The maximum Gasteiger partial charge on any atom is -0.344 e. The summed E-state index contributed by atoms with van der Waals surface area (Å²) in [4.78, 5) is 0. The van der Waals surface area contributed by atoms with Crippen molar-refractivity contribution in [3.63, 3.8) is 0 Å². The van der Waals surface area contributed by atoms with E-state index >= 15 is 0 Å². The molecule has 0 aliphatic carbocycles. The molecule has 5 nitrogen and oxygen atoms in total. The van der Waals surface area contributed by atoms with Gasteiger partial charge in [-0.1, -0.05) is 0 Å². The summed E-state index contributed by atoms with van der Waals surface area (Å²) in [5, 5.41) is 0. The van der Waals surface area contributed by atoms with Gasteiger partial charge in [-0.15, -0.1) is 0 Å². The summed E-state index contributed by atoms with van der Waals surface area (Å²) in [6.45, 7) is 0. The van der Waals surface area contributed by atoms with Crippen LogP contribution in [0, 0.1) is 0 Å². The highest BCUT2D eigenvalue weighted by Gasteiger charge is -0.340. The minimum atomic E-state index is 0. The highest BCUT2D eigenvalue weighted by atomic mass is 14.0. The van der Waals surface area contributed by atoms with Gasteiger partial charge in [-0.2, -0.15) is 0 Å². The van der Waals surface area contributed by atoms with Crippen molar-refractivity contribution in [2.75, 3.05) is 0 Å². The summed E-state index contributed by atoms with van der Waals surface area (Å²) < 4.78 is 0. The van der Waals surface area contributed by atoms with Gasteiger partial charge in [0.2, 0.25) is 0 Å².